The zero-order chi connectivity index (χ0) is 19.6. The summed E-state index contributed by atoms with van der Waals surface area (Å²) < 4.78 is 4.49. The summed E-state index contributed by atoms with van der Waals surface area (Å²) in [7, 11) is 1.64. The van der Waals surface area contributed by atoms with Crippen molar-refractivity contribution in [2.75, 3.05) is 0 Å². The second-order valence-corrected chi connectivity index (χ2v) is 7.60. The van der Waals surface area contributed by atoms with E-state index in [2.05, 4.69) is 4.98 Å². The van der Waals surface area contributed by atoms with E-state index in [0.717, 1.165) is 12.0 Å². The van der Waals surface area contributed by atoms with E-state index in [1.807, 2.05) is 30.3 Å². The average molecular weight is 370 g/mol. The van der Waals surface area contributed by atoms with Crippen LogP contribution in [-0.4, -0.2) is 29.4 Å². The summed E-state index contributed by atoms with van der Waals surface area (Å²) in [5.41, 5.74) is 0.471. The molecule has 0 spiro atoms. The number of unbranched alkanes of at least 4 members (excludes halogenated alkanes) is 1. The lowest BCUT2D eigenvalue weighted by molar-refractivity contribution is 0.0678. The Morgan fingerprint density at radius 1 is 1.11 bits per heavy atom. The van der Waals surface area contributed by atoms with Gasteiger partial charge in [-0.25, -0.2) is 9.78 Å². The van der Waals surface area contributed by atoms with Gasteiger partial charge in [0.1, 0.15) is 0 Å². The number of imidazole rings is 1. The molecule has 3 rings (SSSR count). The maximum Gasteiger partial charge on any atom is 0.332 e. The standard InChI is InChI=1S/C20H26N4O3/c1-20(2,27)11-7-8-12-24-18(25)16-17(22(3)19(24)26)21-14-23(16)13-15-9-5-4-6-10-15/h4-6,9-10,14,27H,7-8,11-13H2,1-3H3. The minimum absolute atomic E-state index is 0.315. The lowest BCUT2D eigenvalue weighted by atomic mass is 10.0. The molecule has 7 nitrogen and oxygen atoms in total. The topological polar surface area (TPSA) is 82.0 Å². The smallest absolute Gasteiger partial charge is 0.332 e. The lowest BCUT2D eigenvalue weighted by Gasteiger charge is -2.16. The van der Waals surface area contributed by atoms with E-state index in [1.54, 1.807) is 31.8 Å². The number of hydrogen-bond acceptors (Lipinski definition) is 4. The van der Waals surface area contributed by atoms with E-state index in [1.165, 1.54) is 9.13 Å². The Kier molecular flexibility index (Phi) is 5.32. The largest absolute Gasteiger partial charge is 0.390 e. The number of aromatic nitrogens is 4. The number of aliphatic hydroxyl groups is 1. The minimum atomic E-state index is -0.742. The molecular formula is C20H26N4O3. The fraction of sp³-hybridized carbons (Fsp3) is 0.450. The van der Waals surface area contributed by atoms with E-state index in [0.29, 0.717) is 37.1 Å². The predicted molar refractivity (Wildman–Crippen MR) is 105 cm³/mol. The molecule has 0 saturated heterocycles. The molecule has 27 heavy (non-hydrogen) atoms. The molecular weight excluding hydrogens is 344 g/mol. The highest BCUT2D eigenvalue weighted by Crippen LogP contribution is 2.13. The monoisotopic (exact) mass is 370 g/mol. The molecule has 0 radical (unpaired) electrons. The van der Waals surface area contributed by atoms with Crippen LogP contribution in [-0.2, 0) is 20.1 Å². The van der Waals surface area contributed by atoms with Gasteiger partial charge in [0.2, 0.25) is 0 Å². The number of fused-ring (bicyclic) bond motifs is 1. The fourth-order valence-corrected chi connectivity index (χ4v) is 3.25. The van der Waals surface area contributed by atoms with Crippen molar-refractivity contribution in [1.82, 2.24) is 18.7 Å². The number of nitrogens with zero attached hydrogens (tertiary/aromatic N) is 4. The summed E-state index contributed by atoms with van der Waals surface area (Å²) in [6.07, 6.45) is 3.62. The molecule has 1 aromatic carbocycles. The first-order valence-corrected chi connectivity index (χ1v) is 9.19. The molecule has 0 aliphatic carbocycles. The van der Waals surface area contributed by atoms with Gasteiger partial charge < -0.3 is 9.67 Å². The molecule has 0 aliphatic rings. The first kappa shape index (κ1) is 19.1. The normalized spacial score (nSPS) is 12.0. The van der Waals surface area contributed by atoms with E-state index in [4.69, 9.17) is 0 Å². The molecule has 144 valence electrons. The summed E-state index contributed by atoms with van der Waals surface area (Å²) >= 11 is 0. The molecule has 7 heteroatoms. The van der Waals surface area contributed by atoms with Gasteiger partial charge in [0.15, 0.2) is 11.2 Å². The minimum Gasteiger partial charge on any atom is -0.390 e. The van der Waals surface area contributed by atoms with Gasteiger partial charge >= 0.3 is 5.69 Å². The van der Waals surface area contributed by atoms with Gasteiger partial charge in [-0.2, -0.15) is 0 Å². The van der Waals surface area contributed by atoms with Gasteiger partial charge in [-0.05, 0) is 38.7 Å². The summed E-state index contributed by atoms with van der Waals surface area (Å²) in [4.78, 5) is 29.9. The fourth-order valence-electron chi connectivity index (χ4n) is 3.25. The number of rotatable bonds is 7. The third-order valence-electron chi connectivity index (χ3n) is 4.72. The highest BCUT2D eigenvalue weighted by atomic mass is 16.3. The molecule has 1 N–H and O–H groups in total. The second kappa shape index (κ2) is 7.52. The van der Waals surface area contributed by atoms with Crippen molar-refractivity contribution in [1.29, 1.82) is 0 Å². The van der Waals surface area contributed by atoms with Crippen LogP contribution >= 0.6 is 0 Å². The Balaban J connectivity index is 1.94. The molecule has 3 aromatic rings. The van der Waals surface area contributed by atoms with Crippen molar-refractivity contribution in [3.8, 4) is 0 Å². The van der Waals surface area contributed by atoms with Gasteiger partial charge in [0.05, 0.1) is 11.9 Å². The van der Waals surface area contributed by atoms with Gasteiger partial charge in [-0.15, -0.1) is 0 Å². The second-order valence-electron chi connectivity index (χ2n) is 7.60. The molecule has 0 aliphatic heterocycles. The van der Waals surface area contributed by atoms with Gasteiger partial charge in [0, 0.05) is 20.1 Å². The van der Waals surface area contributed by atoms with Crippen molar-refractivity contribution in [3.05, 3.63) is 63.1 Å². The summed E-state index contributed by atoms with van der Waals surface area (Å²) in [5.74, 6) is 0. The Labute approximate surface area is 157 Å². The van der Waals surface area contributed by atoms with Crippen molar-refractivity contribution >= 4 is 11.2 Å². The van der Waals surface area contributed by atoms with Crippen LogP contribution in [0.5, 0.6) is 0 Å². The van der Waals surface area contributed by atoms with Crippen LogP contribution < -0.4 is 11.2 Å². The van der Waals surface area contributed by atoms with E-state index >= 15 is 0 Å². The third kappa shape index (κ3) is 4.19. The van der Waals surface area contributed by atoms with Crippen LogP contribution in [0.25, 0.3) is 11.2 Å². The molecule has 0 atom stereocenters. The quantitative estimate of drug-likeness (QED) is 0.644. The molecule has 0 fully saturated rings. The summed E-state index contributed by atoms with van der Waals surface area (Å²) in [6, 6.07) is 9.82. The lowest BCUT2D eigenvalue weighted by Crippen LogP contribution is -2.39. The van der Waals surface area contributed by atoms with Gasteiger partial charge in [0.25, 0.3) is 5.56 Å². The Morgan fingerprint density at radius 3 is 2.48 bits per heavy atom. The molecule has 0 saturated carbocycles. The SMILES string of the molecule is Cn1c(=O)n(CCCCC(C)(C)O)c(=O)c2c1ncn2Cc1ccccc1. The molecule has 0 unspecified atom stereocenters. The van der Waals surface area contributed by atoms with Crippen LogP contribution in [0.2, 0.25) is 0 Å². The molecule has 0 amide bonds. The van der Waals surface area contributed by atoms with E-state index < -0.39 is 5.60 Å². The summed E-state index contributed by atoms with van der Waals surface area (Å²) in [6.45, 7) is 4.36. The van der Waals surface area contributed by atoms with Crippen molar-refractivity contribution in [2.45, 2.75) is 51.8 Å². The zero-order valence-corrected chi connectivity index (χ0v) is 16.1. The Morgan fingerprint density at radius 2 is 1.81 bits per heavy atom. The molecule has 2 heterocycles. The van der Waals surface area contributed by atoms with Crippen molar-refractivity contribution in [3.63, 3.8) is 0 Å². The third-order valence-corrected chi connectivity index (χ3v) is 4.72. The van der Waals surface area contributed by atoms with Crippen molar-refractivity contribution < 1.29 is 5.11 Å². The maximum atomic E-state index is 13.0. The first-order chi connectivity index (χ1) is 12.8. The van der Waals surface area contributed by atoms with Crippen molar-refractivity contribution in [2.24, 2.45) is 7.05 Å². The van der Waals surface area contributed by atoms with E-state index in [9.17, 15) is 14.7 Å². The first-order valence-electron chi connectivity index (χ1n) is 9.19. The van der Waals surface area contributed by atoms with Crippen LogP contribution in [0.1, 0.15) is 38.7 Å². The zero-order valence-electron chi connectivity index (χ0n) is 16.1. The van der Waals surface area contributed by atoms with Gasteiger partial charge in [-0.1, -0.05) is 30.3 Å². The van der Waals surface area contributed by atoms with Crippen LogP contribution in [0.15, 0.2) is 46.2 Å². The Bertz CT molecular complexity index is 1040. The highest BCUT2D eigenvalue weighted by molar-refractivity contribution is 5.70. The number of aryl methyl sites for hydroxylation is 1. The molecule has 2 aromatic heterocycles. The predicted octanol–water partition coefficient (Wildman–Crippen LogP) is 1.89. The highest BCUT2D eigenvalue weighted by Gasteiger charge is 2.17. The number of hydrogen-bond donors (Lipinski definition) is 1. The van der Waals surface area contributed by atoms with Crippen LogP contribution in [0.3, 0.4) is 0 Å². The van der Waals surface area contributed by atoms with Crippen LogP contribution in [0, 0.1) is 0 Å². The van der Waals surface area contributed by atoms with E-state index in [-0.39, 0.29) is 11.2 Å². The maximum absolute atomic E-state index is 13.0. The van der Waals surface area contributed by atoms with Crippen LogP contribution in [0.4, 0.5) is 0 Å². The van der Waals surface area contributed by atoms with Gasteiger partial charge in [-0.3, -0.25) is 13.9 Å². The number of benzene rings is 1. The molecule has 0 bridgehead atoms. The summed E-state index contributed by atoms with van der Waals surface area (Å²) in [5, 5.41) is 9.81. The Hall–Kier alpha value is -2.67. The average Bonchev–Trinajstić information content (AvgIpc) is 3.03.